The molecule has 70 valence electrons. The average Bonchev–Trinajstić information content (AvgIpc) is 2.92. The summed E-state index contributed by atoms with van der Waals surface area (Å²) in [5.74, 6) is 1.70. The van der Waals surface area contributed by atoms with Crippen LogP contribution >= 0.6 is 22.6 Å². The number of rotatable bonds is 3. The van der Waals surface area contributed by atoms with E-state index in [2.05, 4.69) is 32.9 Å². The second-order valence-corrected chi connectivity index (χ2v) is 4.15. The van der Waals surface area contributed by atoms with Gasteiger partial charge in [-0.3, -0.25) is 0 Å². The van der Waals surface area contributed by atoms with Crippen LogP contribution in [0.15, 0.2) is 12.1 Å². The van der Waals surface area contributed by atoms with Crippen molar-refractivity contribution in [3.8, 4) is 5.75 Å². The highest BCUT2D eigenvalue weighted by Crippen LogP contribution is 2.30. The van der Waals surface area contributed by atoms with E-state index in [1.807, 2.05) is 19.2 Å². The lowest BCUT2D eigenvalue weighted by atomic mass is 10.4. The van der Waals surface area contributed by atoms with Crippen LogP contribution < -0.4 is 10.1 Å². The van der Waals surface area contributed by atoms with E-state index in [0.717, 1.165) is 15.3 Å². The Morgan fingerprint density at radius 2 is 2.31 bits per heavy atom. The van der Waals surface area contributed by atoms with Gasteiger partial charge in [-0.25, -0.2) is 4.98 Å². The summed E-state index contributed by atoms with van der Waals surface area (Å²) in [4.78, 5) is 4.32. The molecule has 0 radical (unpaired) electrons. The lowest BCUT2D eigenvalue weighted by Crippen LogP contribution is -2.02. The molecule has 0 bridgehead atoms. The highest BCUT2D eigenvalue weighted by Gasteiger charge is 2.24. The van der Waals surface area contributed by atoms with Crippen molar-refractivity contribution >= 4 is 28.4 Å². The topological polar surface area (TPSA) is 34.2 Å². The Kier molecular flexibility index (Phi) is 2.57. The molecule has 1 aromatic heterocycles. The molecule has 3 nitrogen and oxygen atoms in total. The predicted molar refractivity (Wildman–Crippen MR) is 60.2 cm³/mol. The van der Waals surface area contributed by atoms with Crippen LogP contribution in [0.2, 0.25) is 0 Å². The molecule has 4 heteroatoms. The van der Waals surface area contributed by atoms with Gasteiger partial charge >= 0.3 is 0 Å². The number of nitrogens with one attached hydrogen (secondary N) is 1. The van der Waals surface area contributed by atoms with Gasteiger partial charge in [-0.2, -0.15) is 0 Å². The monoisotopic (exact) mass is 290 g/mol. The number of pyridine rings is 1. The molecule has 1 aliphatic rings. The molecule has 0 amide bonds. The number of ether oxygens (including phenoxy) is 1. The molecule has 0 aromatic carbocycles. The Hall–Kier alpha value is -0.520. The van der Waals surface area contributed by atoms with Crippen LogP contribution in [-0.2, 0) is 0 Å². The minimum atomic E-state index is 0.425. The summed E-state index contributed by atoms with van der Waals surface area (Å²) >= 11 is 2.19. The minimum absolute atomic E-state index is 0.425. The third-order valence-electron chi connectivity index (χ3n) is 1.88. The highest BCUT2D eigenvalue weighted by atomic mass is 127. The lowest BCUT2D eigenvalue weighted by molar-refractivity contribution is 0.303. The van der Waals surface area contributed by atoms with Crippen molar-refractivity contribution < 1.29 is 4.74 Å². The van der Waals surface area contributed by atoms with Crippen LogP contribution in [0, 0.1) is 3.70 Å². The minimum Gasteiger partial charge on any atom is -0.487 e. The van der Waals surface area contributed by atoms with Crippen LogP contribution in [0.5, 0.6) is 5.75 Å². The smallest absolute Gasteiger partial charge is 0.169 e. The van der Waals surface area contributed by atoms with Gasteiger partial charge in [-0.15, -0.1) is 0 Å². The molecule has 1 saturated carbocycles. The zero-order valence-corrected chi connectivity index (χ0v) is 9.54. The molecule has 1 heterocycles. The first-order chi connectivity index (χ1) is 6.29. The second kappa shape index (κ2) is 3.69. The summed E-state index contributed by atoms with van der Waals surface area (Å²) in [5, 5.41) is 3.03. The number of nitrogens with zero attached hydrogens (tertiary/aromatic N) is 1. The van der Waals surface area contributed by atoms with Crippen LogP contribution in [0.25, 0.3) is 0 Å². The molecule has 0 atom stereocenters. The van der Waals surface area contributed by atoms with Crippen molar-refractivity contribution in [3.63, 3.8) is 0 Å². The fraction of sp³-hybridized carbons (Fsp3) is 0.444. The molecule has 2 rings (SSSR count). The lowest BCUT2D eigenvalue weighted by Gasteiger charge is -2.09. The van der Waals surface area contributed by atoms with Crippen molar-refractivity contribution in [1.29, 1.82) is 0 Å². The molecule has 0 saturated heterocycles. The summed E-state index contributed by atoms with van der Waals surface area (Å²) in [6.07, 6.45) is 2.78. The molecule has 0 spiro atoms. The van der Waals surface area contributed by atoms with E-state index >= 15 is 0 Å². The first-order valence-electron chi connectivity index (χ1n) is 4.30. The van der Waals surface area contributed by atoms with E-state index in [-0.39, 0.29) is 0 Å². The van der Waals surface area contributed by atoms with Gasteiger partial charge in [0, 0.05) is 7.05 Å². The number of aromatic nitrogens is 1. The molecule has 0 unspecified atom stereocenters. The Labute approximate surface area is 91.0 Å². The average molecular weight is 290 g/mol. The van der Waals surface area contributed by atoms with Crippen LogP contribution in [0.4, 0.5) is 5.82 Å². The SMILES string of the molecule is CNc1nc(I)ccc1OC1CC1. The third-order valence-corrected chi connectivity index (χ3v) is 2.48. The maximum absolute atomic E-state index is 5.67. The van der Waals surface area contributed by atoms with Gasteiger partial charge in [0.15, 0.2) is 11.6 Å². The quantitative estimate of drug-likeness (QED) is 0.685. The summed E-state index contributed by atoms with van der Waals surface area (Å²) < 4.78 is 6.65. The summed E-state index contributed by atoms with van der Waals surface area (Å²) in [5.41, 5.74) is 0. The van der Waals surface area contributed by atoms with Gasteiger partial charge in [-0.1, -0.05) is 0 Å². The molecular formula is C9H11IN2O. The van der Waals surface area contributed by atoms with Crippen LogP contribution in [0.3, 0.4) is 0 Å². The van der Waals surface area contributed by atoms with Gasteiger partial charge in [-0.05, 0) is 47.6 Å². The fourth-order valence-electron chi connectivity index (χ4n) is 1.06. The Morgan fingerprint density at radius 3 is 2.92 bits per heavy atom. The van der Waals surface area contributed by atoms with E-state index in [1.165, 1.54) is 12.8 Å². The van der Waals surface area contributed by atoms with E-state index in [1.54, 1.807) is 0 Å². The maximum Gasteiger partial charge on any atom is 0.169 e. The fourth-order valence-corrected chi connectivity index (χ4v) is 1.48. The Bertz CT molecular complexity index is 312. The van der Waals surface area contributed by atoms with Crippen molar-refractivity contribution in [1.82, 2.24) is 4.98 Å². The van der Waals surface area contributed by atoms with E-state index in [9.17, 15) is 0 Å². The highest BCUT2D eigenvalue weighted by molar-refractivity contribution is 14.1. The Morgan fingerprint density at radius 1 is 1.54 bits per heavy atom. The van der Waals surface area contributed by atoms with Gasteiger partial charge in [0.05, 0.1) is 6.10 Å². The van der Waals surface area contributed by atoms with Gasteiger partial charge in [0.2, 0.25) is 0 Å². The van der Waals surface area contributed by atoms with Crippen LogP contribution in [-0.4, -0.2) is 18.1 Å². The van der Waals surface area contributed by atoms with Crippen molar-refractivity contribution in [2.45, 2.75) is 18.9 Å². The maximum atomic E-state index is 5.67. The number of halogens is 1. The van der Waals surface area contributed by atoms with E-state index in [4.69, 9.17) is 4.74 Å². The largest absolute Gasteiger partial charge is 0.487 e. The summed E-state index contributed by atoms with van der Waals surface area (Å²) in [7, 11) is 1.86. The number of hydrogen-bond donors (Lipinski definition) is 1. The number of anilines is 1. The third kappa shape index (κ3) is 2.24. The van der Waals surface area contributed by atoms with Gasteiger partial charge in [0.1, 0.15) is 3.70 Å². The molecule has 0 aliphatic heterocycles. The summed E-state index contributed by atoms with van der Waals surface area (Å²) in [6, 6.07) is 3.93. The molecule has 1 fully saturated rings. The van der Waals surface area contributed by atoms with Gasteiger partial charge in [0.25, 0.3) is 0 Å². The zero-order chi connectivity index (χ0) is 9.26. The second-order valence-electron chi connectivity index (χ2n) is 3.05. The number of hydrogen-bond acceptors (Lipinski definition) is 3. The molecule has 13 heavy (non-hydrogen) atoms. The van der Waals surface area contributed by atoms with Gasteiger partial charge < -0.3 is 10.1 Å². The molecule has 1 aromatic rings. The summed E-state index contributed by atoms with van der Waals surface area (Å²) in [6.45, 7) is 0. The van der Waals surface area contributed by atoms with E-state index in [0.29, 0.717) is 6.10 Å². The first kappa shape index (κ1) is 9.05. The Balaban J connectivity index is 2.21. The molecular weight excluding hydrogens is 279 g/mol. The van der Waals surface area contributed by atoms with Crippen LogP contribution in [0.1, 0.15) is 12.8 Å². The van der Waals surface area contributed by atoms with Crippen molar-refractivity contribution in [2.24, 2.45) is 0 Å². The molecule has 1 aliphatic carbocycles. The first-order valence-corrected chi connectivity index (χ1v) is 5.38. The predicted octanol–water partition coefficient (Wildman–Crippen LogP) is 2.27. The van der Waals surface area contributed by atoms with E-state index < -0.39 is 0 Å². The van der Waals surface area contributed by atoms with Crippen molar-refractivity contribution in [3.05, 3.63) is 15.8 Å². The van der Waals surface area contributed by atoms with Crippen molar-refractivity contribution in [2.75, 3.05) is 12.4 Å². The molecule has 1 N–H and O–H groups in total. The zero-order valence-electron chi connectivity index (χ0n) is 7.38. The standard InChI is InChI=1S/C9H11IN2O/c1-11-9-7(13-6-2-3-6)4-5-8(10)12-9/h4-6H,2-3H2,1H3,(H,11,12). The normalized spacial score (nSPS) is 15.5.